The van der Waals surface area contributed by atoms with Crippen LogP contribution >= 0.6 is 22.7 Å². The molecular formula is C20H20N2O4S2. The summed E-state index contributed by atoms with van der Waals surface area (Å²) in [5, 5.41) is 5.40. The monoisotopic (exact) mass is 416 g/mol. The molecule has 0 saturated carbocycles. The summed E-state index contributed by atoms with van der Waals surface area (Å²) >= 11 is 2.83. The zero-order chi connectivity index (χ0) is 19.9. The number of nitrogens with zero attached hydrogens (tertiary/aromatic N) is 1. The smallest absolute Gasteiger partial charge is 0.350 e. The van der Waals surface area contributed by atoms with Crippen molar-refractivity contribution in [2.45, 2.75) is 13.8 Å². The van der Waals surface area contributed by atoms with Crippen LogP contribution in [0, 0.1) is 13.8 Å². The zero-order valence-corrected chi connectivity index (χ0v) is 17.2. The summed E-state index contributed by atoms with van der Waals surface area (Å²) in [6.07, 6.45) is 0. The number of carbonyl (C=O) groups is 2. The predicted octanol–water partition coefficient (Wildman–Crippen LogP) is 3.84. The van der Waals surface area contributed by atoms with E-state index in [1.807, 2.05) is 48.7 Å². The summed E-state index contributed by atoms with van der Waals surface area (Å²) in [4.78, 5) is 29.9. The number of thiazole rings is 1. The van der Waals surface area contributed by atoms with Gasteiger partial charge >= 0.3 is 5.97 Å². The van der Waals surface area contributed by atoms with Gasteiger partial charge in [-0.1, -0.05) is 18.2 Å². The van der Waals surface area contributed by atoms with Gasteiger partial charge in [0.1, 0.15) is 22.2 Å². The van der Waals surface area contributed by atoms with Crippen LogP contribution in [0.5, 0.6) is 5.75 Å². The number of ether oxygens (including phenoxy) is 2. The first-order valence-corrected chi connectivity index (χ1v) is 10.4. The van der Waals surface area contributed by atoms with E-state index in [2.05, 4.69) is 10.3 Å². The van der Waals surface area contributed by atoms with Gasteiger partial charge in [-0.05, 0) is 43.0 Å². The molecule has 2 heterocycles. The Morgan fingerprint density at radius 2 is 2.04 bits per heavy atom. The number of carbonyl (C=O) groups excluding carboxylic acids is 2. The average Bonchev–Trinajstić information content (AvgIpc) is 3.33. The zero-order valence-electron chi connectivity index (χ0n) is 15.6. The van der Waals surface area contributed by atoms with Crippen molar-refractivity contribution in [1.29, 1.82) is 0 Å². The van der Waals surface area contributed by atoms with Crippen molar-refractivity contribution >= 4 is 34.6 Å². The number of esters is 1. The number of thiophene rings is 1. The van der Waals surface area contributed by atoms with Crippen LogP contribution in [0.4, 0.5) is 0 Å². The normalized spacial score (nSPS) is 10.5. The van der Waals surface area contributed by atoms with E-state index >= 15 is 0 Å². The maximum absolute atomic E-state index is 12.2. The number of benzene rings is 1. The molecule has 1 aromatic carbocycles. The lowest BCUT2D eigenvalue weighted by atomic mass is 10.2. The minimum atomic E-state index is -0.538. The van der Waals surface area contributed by atoms with Gasteiger partial charge in [-0.15, -0.1) is 22.7 Å². The molecule has 1 N–H and O–H groups in total. The van der Waals surface area contributed by atoms with Crippen molar-refractivity contribution in [3.63, 3.8) is 0 Å². The van der Waals surface area contributed by atoms with E-state index in [1.54, 1.807) is 18.3 Å². The maximum atomic E-state index is 12.2. The third-order valence-corrected chi connectivity index (χ3v) is 5.91. The Morgan fingerprint density at radius 3 is 2.79 bits per heavy atom. The Balaban J connectivity index is 1.41. The fourth-order valence-corrected chi connectivity index (χ4v) is 4.16. The molecule has 0 fully saturated rings. The van der Waals surface area contributed by atoms with Crippen molar-refractivity contribution in [3.05, 3.63) is 57.9 Å². The standard InChI is InChI=1S/C20H20N2O4S2/c1-13-5-3-6-15(11-13)25-9-8-21-17(23)12-26-20(24)18-14(2)22-19(28-18)16-7-4-10-27-16/h3-7,10-11H,8-9,12H2,1-2H3,(H,21,23). The SMILES string of the molecule is Cc1cccc(OCCNC(=O)COC(=O)c2sc(-c3cccs3)nc2C)c1. The van der Waals surface area contributed by atoms with Gasteiger partial charge in [0.15, 0.2) is 6.61 Å². The summed E-state index contributed by atoms with van der Waals surface area (Å²) in [5.74, 6) is -0.159. The minimum absolute atomic E-state index is 0.326. The molecule has 8 heteroatoms. The molecule has 6 nitrogen and oxygen atoms in total. The van der Waals surface area contributed by atoms with Crippen LogP contribution in [0.3, 0.4) is 0 Å². The molecule has 0 aliphatic heterocycles. The highest BCUT2D eigenvalue weighted by Gasteiger charge is 2.19. The van der Waals surface area contributed by atoms with Gasteiger partial charge in [0, 0.05) is 0 Å². The topological polar surface area (TPSA) is 77.5 Å². The number of hydrogen-bond donors (Lipinski definition) is 1. The van der Waals surface area contributed by atoms with E-state index < -0.39 is 5.97 Å². The minimum Gasteiger partial charge on any atom is -0.492 e. The first-order chi connectivity index (χ1) is 13.5. The number of hydrogen-bond acceptors (Lipinski definition) is 7. The van der Waals surface area contributed by atoms with Gasteiger partial charge < -0.3 is 14.8 Å². The first kappa shape index (κ1) is 20.0. The van der Waals surface area contributed by atoms with Crippen molar-refractivity contribution in [2.75, 3.05) is 19.8 Å². The van der Waals surface area contributed by atoms with Crippen LogP contribution in [-0.2, 0) is 9.53 Å². The summed E-state index contributed by atoms with van der Waals surface area (Å²) in [5.41, 5.74) is 1.71. The lowest BCUT2D eigenvalue weighted by molar-refractivity contribution is -0.124. The Morgan fingerprint density at radius 1 is 1.18 bits per heavy atom. The number of amides is 1. The Hall–Kier alpha value is -2.71. The first-order valence-electron chi connectivity index (χ1n) is 8.67. The molecule has 3 rings (SSSR count). The van der Waals surface area contributed by atoms with E-state index in [-0.39, 0.29) is 12.5 Å². The second kappa shape index (κ2) is 9.48. The van der Waals surface area contributed by atoms with Gasteiger partial charge in [0.05, 0.1) is 17.1 Å². The molecule has 1 amide bonds. The van der Waals surface area contributed by atoms with E-state index in [0.29, 0.717) is 23.7 Å². The lowest BCUT2D eigenvalue weighted by Crippen LogP contribution is -2.32. The third-order valence-electron chi connectivity index (χ3n) is 3.73. The van der Waals surface area contributed by atoms with Gasteiger partial charge in [-0.2, -0.15) is 0 Å². The highest BCUT2D eigenvalue weighted by Crippen LogP contribution is 2.31. The molecule has 0 saturated heterocycles. The average molecular weight is 417 g/mol. The van der Waals surface area contributed by atoms with Crippen LogP contribution in [0.15, 0.2) is 41.8 Å². The summed E-state index contributed by atoms with van der Waals surface area (Å²) in [7, 11) is 0. The summed E-state index contributed by atoms with van der Waals surface area (Å²) in [6, 6.07) is 11.6. The van der Waals surface area contributed by atoms with Gasteiger partial charge in [0.25, 0.3) is 5.91 Å². The molecule has 0 atom stereocenters. The molecule has 0 aliphatic rings. The van der Waals surface area contributed by atoms with E-state index in [1.165, 1.54) is 11.3 Å². The maximum Gasteiger partial charge on any atom is 0.350 e. The molecule has 0 radical (unpaired) electrons. The molecule has 2 aromatic heterocycles. The van der Waals surface area contributed by atoms with Crippen molar-refractivity contribution in [1.82, 2.24) is 10.3 Å². The fourth-order valence-electron chi connectivity index (χ4n) is 2.40. The number of aryl methyl sites for hydroxylation is 2. The van der Waals surface area contributed by atoms with Crippen LogP contribution in [0.2, 0.25) is 0 Å². The fraction of sp³-hybridized carbons (Fsp3) is 0.250. The molecule has 0 aliphatic carbocycles. The molecule has 0 bridgehead atoms. The molecule has 0 spiro atoms. The van der Waals surface area contributed by atoms with Gasteiger partial charge in [0.2, 0.25) is 0 Å². The number of aromatic nitrogens is 1. The number of rotatable bonds is 8. The molecule has 146 valence electrons. The van der Waals surface area contributed by atoms with Crippen LogP contribution in [-0.4, -0.2) is 36.6 Å². The number of nitrogens with one attached hydrogen (secondary N) is 1. The van der Waals surface area contributed by atoms with E-state index in [9.17, 15) is 9.59 Å². The highest BCUT2D eigenvalue weighted by molar-refractivity contribution is 7.22. The van der Waals surface area contributed by atoms with Crippen LogP contribution in [0.25, 0.3) is 9.88 Å². The quantitative estimate of drug-likeness (QED) is 0.446. The van der Waals surface area contributed by atoms with E-state index in [4.69, 9.17) is 9.47 Å². The molecule has 0 unspecified atom stereocenters. The van der Waals surface area contributed by atoms with Gasteiger partial charge in [-0.25, -0.2) is 9.78 Å². The largest absolute Gasteiger partial charge is 0.492 e. The Labute approximate surface area is 171 Å². The second-order valence-electron chi connectivity index (χ2n) is 6.00. The van der Waals surface area contributed by atoms with Crippen molar-refractivity contribution in [3.8, 4) is 15.6 Å². The molecule has 28 heavy (non-hydrogen) atoms. The lowest BCUT2D eigenvalue weighted by Gasteiger charge is -2.08. The van der Waals surface area contributed by atoms with Crippen LogP contribution < -0.4 is 10.1 Å². The van der Waals surface area contributed by atoms with E-state index in [0.717, 1.165) is 21.2 Å². The Bertz CT molecular complexity index is 951. The third kappa shape index (κ3) is 5.40. The molecule has 3 aromatic rings. The second-order valence-corrected chi connectivity index (χ2v) is 7.95. The van der Waals surface area contributed by atoms with Crippen molar-refractivity contribution < 1.29 is 19.1 Å². The summed E-state index contributed by atoms with van der Waals surface area (Å²) < 4.78 is 10.7. The predicted molar refractivity (Wildman–Crippen MR) is 110 cm³/mol. The van der Waals surface area contributed by atoms with Gasteiger partial charge in [-0.3, -0.25) is 4.79 Å². The van der Waals surface area contributed by atoms with Crippen molar-refractivity contribution in [2.24, 2.45) is 0 Å². The molecular weight excluding hydrogens is 396 g/mol. The summed E-state index contributed by atoms with van der Waals surface area (Å²) in [6.45, 7) is 4.06. The van der Waals surface area contributed by atoms with Crippen LogP contribution in [0.1, 0.15) is 20.9 Å². The Kier molecular flexibility index (Phi) is 6.78. The highest BCUT2D eigenvalue weighted by atomic mass is 32.1.